The fourth-order valence-corrected chi connectivity index (χ4v) is 3.02. The highest BCUT2D eigenvalue weighted by Gasteiger charge is 2.20. The number of benzene rings is 1. The zero-order chi connectivity index (χ0) is 15.7. The minimum absolute atomic E-state index is 0.175. The summed E-state index contributed by atoms with van der Waals surface area (Å²) in [6.07, 6.45) is 1.74. The quantitative estimate of drug-likeness (QED) is 0.805. The highest BCUT2D eigenvalue weighted by atomic mass is 32.1. The van der Waals surface area contributed by atoms with Crippen molar-refractivity contribution in [3.8, 4) is 5.69 Å². The third-order valence-corrected chi connectivity index (χ3v) is 4.19. The Kier molecular flexibility index (Phi) is 3.77. The number of carbonyl (C=O) groups excluding carboxylic acids is 1. The van der Waals surface area contributed by atoms with Crippen LogP contribution in [0.25, 0.3) is 5.69 Å². The SMILES string of the molecule is Cc1cnc(NC(=O)c2c(C)nn(-c3ccccc3)c2C)s1. The molecule has 0 bridgehead atoms. The molecule has 0 spiro atoms. The summed E-state index contributed by atoms with van der Waals surface area (Å²) < 4.78 is 1.79. The zero-order valence-corrected chi connectivity index (χ0v) is 13.4. The number of hydrogen-bond acceptors (Lipinski definition) is 4. The number of nitrogens with zero attached hydrogens (tertiary/aromatic N) is 3. The van der Waals surface area contributed by atoms with Gasteiger partial charge in [-0.25, -0.2) is 9.67 Å². The Bertz CT molecular complexity index is 820. The molecule has 3 rings (SSSR count). The van der Waals surface area contributed by atoms with Gasteiger partial charge in [-0.15, -0.1) is 11.3 Å². The van der Waals surface area contributed by atoms with Crippen LogP contribution in [0, 0.1) is 20.8 Å². The van der Waals surface area contributed by atoms with E-state index >= 15 is 0 Å². The van der Waals surface area contributed by atoms with E-state index in [4.69, 9.17) is 0 Å². The van der Waals surface area contributed by atoms with E-state index in [-0.39, 0.29) is 5.91 Å². The van der Waals surface area contributed by atoms with Crippen molar-refractivity contribution in [2.45, 2.75) is 20.8 Å². The molecule has 0 unspecified atom stereocenters. The van der Waals surface area contributed by atoms with Crippen LogP contribution in [0.2, 0.25) is 0 Å². The Morgan fingerprint density at radius 3 is 2.55 bits per heavy atom. The van der Waals surface area contributed by atoms with Gasteiger partial charge in [0, 0.05) is 11.1 Å². The van der Waals surface area contributed by atoms with E-state index in [0.717, 1.165) is 16.3 Å². The van der Waals surface area contributed by atoms with Gasteiger partial charge in [0.15, 0.2) is 5.13 Å². The molecule has 22 heavy (non-hydrogen) atoms. The van der Waals surface area contributed by atoms with Crippen LogP contribution in [-0.4, -0.2) is 20.7 Å². The monoisotopic (exact) mass is 312 g/mol. The Labute approximate surface area is 132 Å². The highest BCUT2D eigenvalue weighted by Crippen LogP contribution is 2.21. The summed E-state index contributed by atoms with van der Waals surface area (Å²) in [4.78, 5) is 17.7. The van der Waals surface area contributed by atoms with Crippen molar-refractivity contribution in [2.75, 3.05) is 5.32 Å². The van der Waals surface area contributed by atoms with Crippen LogP contribution in [0.1, 0.15) is 26.6 Å². The van der Waals surface area contributed by atoms with E-state index < -0.39 is 0 Å². The molecular weight excluding hydrogens is 296 g/mol. The average molecular weight is 312 g/mol. The summed E-state index contributed by atoms with van der Waals surface area (Å²) in [6, 6.07) is 9.78. The van der Waals surface area contributed by atoms with Crippen molar-refractivity contribution >= 4 is 22.4 Å². The molecule has 5 nitrogen and oxygen atoms in total. The van der Waals surface area contributed by atoms with Crippen LogP contribution in [-0.2, 0) is 0 Å². The van der Waals surface area contributed by atoms with Gasteiger partial charge >= 0.3 is 0 Å². The van der Waals surface area contributed by atoms with Crippen molar-refractivity contribution in [2.24, 2.45) is 0 Å². The van der Waals surface area contributed by atoms with Crippen LogP contribution in [0.15, 0.2) is 36.5 Å². The lowest BCUT2D eigenvalue weighted by molar-refractivity contribution is 0.102. The number of carbonyl (C=O) groups is 1. The molecule has 1 N–H and O–H groups in total. The predicted molar refractivity (Wildman–Crippen MR) is 87.8 cm³/mol. The molecule has 2 heterocycles. The highest BCUT2D eigenvalue weighted by molar-refractivity contribution is 7.15. The van der Waals surface area contributed by atoms with Gasteiger partial charge in [0.05, 0.1) is 22.6 Å². The van der Waals surface area contributed by atoms with Crippen molar-refractivity contribution in [1.82, 2.24) is 14.8 Å². The zero-order valence-electron chi connectivity index (χ0n) is 12.6. The Morgan fingerprint density at radius 1 is 1.18 bits per heavy atom. The maximum atomic E-state index is 12.5. The molecule has 2 aromatic heterocycles. The van der Waals surface area contributed by atoms with Gasteiger partial charge in [-0.1, -0.05) is 18.2 Å². The second kappa shape index (κ2) is 5.73. The second-order valence-electron chi connectivity index (χ2n) is 5.02. The van der Waals surface area contributed by atoms with Crippen LogP contribution in [0.5, 0.6) is 0 Å². The smallest absolute Gasteiger partial charge is 0.261 e. The van der Waals surface area contributed by atoms with E-state index in [1.807, 2.05) is 51.1 Å². The van der Waals surface area contributed by atoms with Crippen molar-refractivity contribution in [3.63, 3.8) is 0 Å². The van der Waals surface area contributed by atoms with Gasteiger partial charge in [0.25, 0.3) is 5.91 Å². The lowest BCUT2D eigenvalue weighted by Crippen LogP contribution is -2.14. The molecule has 0 aliphatic heterocycles. The minimum atomic E-state index is -0.175. The van der Waals surface area contributed by atoms with Crippen LogP contribution in [0.4, 0.5) is 5.13 Å². The standard InChI is InChI=1S/C16H16N4OS/c1-10-9-17-16(22-10)18-15(21)14-11(2)19-20(12(14)3)13-7-5-4-6-8-13/h4-9H,1-3H3,(H,17,18,21). The molecule has 0 aliphatic carbocycles. The molecule has 112 valence electrons. The van der Waals surface area contributed by atoms with Gasteiger partial charge in [-0.05, 0) is 32.9 Å². The van der Waals surface area contributed by atoms with E-state index in [9.17, 15) is 4.79 Å². The Hall–Kier alpha value is -2.47. The number of aromatic nitrogens is 3. The maximum absolute atomic E-state index is 12.5. The van der Waals surface area contributed by atoms with Crippen LogP contribution in [0.3, 0.4) is 0 Å². The van der Waals surface area contributed by atoms with Crippen LogP contribution >= 0.6 is 11.3 Å². The summed E-state index contributed by atoms with van der Waals surface area (Å²) >= 11 is 1.46. The summed E-state index contributed by atoms with van der Waals surface area (Å²) in [6.45, 7) is 5.70. The van der Waals surface area contributed by atoms with Crippen molar-refractivity contribution in [1.29, 1.82) is 0 Å². The molecule has 6 heteroatoms. The van der Waals surface area contributed by atoms with E-state index in [0.29, 0.717) is 16.4 Å². The number of para-hydroxylation sites is 1. The van der Waals surface area contributed by atoms with Gasteiger partial charge in [0.1, 0.15) is 0 Å². The van der Waals surface area contributed by atoms with E-state index in [1.54, 1.807) is 10.9 Å². The first-order valence-electron chi connectivity index (χ1n) is 6.91. The largest absolute Gasteiger partial charge is 0.298 e. The maximum Gasteiger partial charge on any atom is 0.261 e. The molecule has 0 atom stereocenters. The van der Waals surface area contributed by atoms with Crippen LogP contribution < -0.4 is 5.32 Å². The molecular formula is C16H16N4OS. The number of anilines is 1. The summed E-state index contributed by atoms with van der Waals surface area (Å²) in [7, 11) is 0. The first-order chi connectivity index (χ1) is 10.6. The normalized spacial score (nSPS) is 10.7. The minimum Gasteiger partial charge on any atom is -0.298 e. The number of hydrogen-bond donors (Lipinski definition) is 1. The second-order valence-corrected chi connectivity index (χ2v) is 6.26. The van der Waals surface area contributed by atoms with Crippen molar-refractivity contribution < 1.29 is 4.79 Å². The molecule has 0 radical (unpaired) electrons. The average Bonchev–Trinajstić information content (AvgIpc) is 3.03. The molecule has 0 saturated carbocycles. The topological polar surface area (TPSA) is 59.8 Å². The van der Waals surface area contributed by atoms with Gasteiger partial charge in [-0.2, -0.15) is 5.10 Å². The number of aryl methyl sites for hydroxylation is 2. The number of rotatable bonds is 3. The van der Waals surface area contributed by atoms with Gasteiger partial charge in [0.2, 0.25) is 0 Å². The Morgan fingerprint density at radius 2 is 1.91 bits per heavy atom. The van der Waals surface area contributed by atoms with Crippen molar-refractivity contribution in [3.05, 3.63) is 58.4 Å². The summed E-state index contributed by atoms with van der Waals surface area (Å²) in [5, 5.41) is 7.93. The number of nitrogens with one attached hydrogen (secondary N) is 1. The molecule has 0 aliphatic rings. The lowest BCUT2D eigenvalue weighted by Gasteiger charge is -2.05. The third-order valence-electron chi connectivity index (χ3n) is 3.36. The molecule has 3 aromatic rings. The summed E-state index contributed by atoms with van der Waals surface area (Å²) in [5.74, 6) is -0.175. The lowest BCUT2D eigenvalue weighted by atomic mass is 10.2. The number of thiazole rings is 1. The van der Waals surface area contributed by atoms with E-state index in [2.05, 4.69) is 15.4 Å². The Balaban J connectivity index is 1.94. The molecule has 0 saturated heterocycles. The fraction of sp³-hybridized carbons (Fsp3) is 0.188. The first-order valence-corrected chi connectivity index (χ1v) is 7.73. The molecule has 1 aromatic carbocycles. The van der Waals surface area contributed by atoms with Gasteiger partial charge in [-0.3, -0.25) is 10.1 Å². The molecule has 0 fully saturated rings. The third kappa shape index (κ3) is 2.65. The molecule has 1 amide bonds. The first kappa shape index (κ1) is 14.5. The van der Waals surface area contributed by atoms with Gasteiger partial charge < -0.3 is 0 Å². The predicted octanol–water partition coefficient (Wildman–Crippen LogP) is 3.51. The summed E-state index contributed by atoms with van der Waals surface area (Å²) in [5.41, 5.74) is 3.05. The van der Waals surface area contributed by atoms with E-state index in [1.165, 1.54) is 11.3 Å². The number of amides is 1. The fourth-order valence-electron chi connectivity index (χ4n) is 2.36.